The van der Waals surface area contributed by atoms with Gasteiger partial charge in [0.1, 0.15) is 5.82 Å². The number of carbonyl (C=O) groups excluding carboxylic acids is 1. The standard InChI is InChI=1S/C28H28FN3O3/c1-2-3-14-30-28(33)17-24(21-10-7-11-22(29)15-21)26-19-31(18-20-8-5-4-6-9-20)27-13-12-23(32(34)35)16-25(26)27/h4-13,15-16,19,24H,2-3,14,17-18H2,1H3,(H,30,33)/t24-/m0/s1. The molecule has 1 atom stereocenters. The molecule has 1 heterocycles. The fourth-order valence-corrected chi connectivity index (χ4v) is 4.41. The quantitative estimate of drug-likeness (QED) is 0.170. The van der Waals surface area contributed by atoms with Crippen LogP contribution in [0.2, 0.25) is 0 Å². The number of nitro groups is 1. The average molecular weight is 474 g/mol. The highest BCUT2D eigenvalue weighted by Crippen LogP contribution is 2.37. The highest BCUT2D eigenvalue weighted by molar-refractivity contribution is 5.88. The van der Waals surface area contributed by atoms with Crippen LogP contribution in [0.5, 0.6) is 0 Å². The van der Waals surface area contributed by atoms with E-state index in [0.29, 0.717) is 24.0 Å². The molecule has 0 radical (unpaired) electrons. The lowest BCUT2D eigenvalue weighted by Gasteiger charge is -2.17. The molecule has 0 bridgehead atoms. The topological polar surface area (TPSA) is 77.2 Å². The van der Waals surface area contributed by atoms with Crippen LogP contribution in [0, 0.1) is 15.9 Å². The van der Waals surface area contributed by atoms with Gasteiger partial charge in [0.15, 0.2) is 0 Å². The maximum Gasteiger partial charge on any atom is 0.270 e. The number of nitrogens with one attached hydrogen (secondary N) is 1. The third kappa shape index (κ3) is 5.74. The van der Waals surface area contributed by atoms with Crippen molar-refractivity contribution in [2.75, 3.05) is 6.54 Å². The zero-order valence-electron chi connectivity index (χ0n) is 19.6. The van der Waals surface area contributed by atoms with Crippen molar-refractivity contribution < 1.29 is 14.1 Å². The minimum absolute atomic E-state index is 0.0263. The molecule has 0 aliphatic rings. The van der Waals surface area contributed by atoms with E-state index in [4.69, 9.17) is 0 Å². The predicted molar refractivity (Wildman–Crippen MR) is 135 cm³/mol. The number of fused-ring (bicyclic) bond motifs is 1. The van der Waals surface area contributed by atoms with Crippen molar-refractivity contribution in [2.24, 2.45) is 0 Å². The molecule has 35 heavy (non-hydrogen) atoms. The number of nitro benzene ring substituents is 1. The first-order chi connectivity index (χ1) is 17.0. The Morgan fingerprint density at radius 3 is 2.60 bits per heavy atom. The van der Waals surface area contributed by atoms with Gasteiger partial charge in [-0.15, -0.1) is 0 Å². The Morgan fingerprint density at radius 1 is 1.09 bits per heavy atom. The van der Waals surface area contributed by atoms with E-state index in [9.17, 15) is 19.3 Å². The average Bonchev–Trinajstić information content (AvgIpc) is 3.20. The van der Waals surface area contributed by atoms with Crippen LogP contribution in [0.4, 0.5) is 10.1 Å². The van der Waals surface area contributed by atoms with Crippen molar-refractivity contribution in [1.82, 2.24) is 9.88 Å². The molecule has 0 unspecified atom stereocenters. The molecule has 0 spiro atoms. The summed E-state index contributed by atoms with van der Waals surface area (Å²) in [7, 11) is 0. The van der Waals surface area contributed by atoms with Gasteiger partial charge in [0.05, 0.1) is 4.92 Å². The maximum absolute atomic E-state index is 14.2. The lowest BCUT2D eigenvalue weighted by Crippen LogP contribution is -2.26. The van der Waals surface area contributed by atoms with Crippen LogP contribution in [-0.4, -0.2) is 21.9 Å². The van der Waals surface area contributed by atoms with Gasteiger partial charge in [0.2, 0.25) is 5.91 Å². The number of aromatic nitrogens is 1. The molecule has 0 aliphatic carbocycles. The molecule has 0 saturated heterocycles. The third-order valence-corrected chi connectivity index (χ3v) is 6.17. The number of halogens is 1. The smallest absolute Gasteiger partial charge is 0.270 e. The van der Waals surface area contributed by atoms with Gasteiger partial charge in [-0.2, -0.15) is 0 Å². The molecule has 180 valence electrons. The Balaban J connectivity index is 1.83. The van der Waals surface area contributed by atoms with Crippen LogP contribution < -0.4 is 5.32 Å². The van der Waals surface area contributed by atoms with Gasteiger partial charge in [-0.1, -0.05) is 55.8 Å². The van der Waals surface area contributed by atoms with Crippen LogP contribution >= 0.6 is 0 Å². The molecule has 1 aromatic heterocycles. The van der Waals surface area contributed by atoms with Crippen LogP contribution in [0.3, 0.4) is 0 Å². The Hall–Kier alpha value is -4.00. The number of hydrogen-bond donors (Lipinski definition) is 1. The van der Waals surface area contributed by atoms with E-state index in [1.165, 1.54) is 18.2 Å². The van der Waals surface area contributed by atoms with Gasteiger partial charge in [0, 0.05) is 54.7 Å². The van der Waals surface area contributed by atoms with Crippen LogP contribution in [0.1, 0.15) is 48.8 Å². The summed E-state index contributed by atoms with van der Waals surface area (Å²) in [5.74, 6) is -0.992. The number of rotatable bonds is 10. The second-order valence-corrected chi connectivity index (χ2v) is 8.67. The van der Waals surface area contributed by atoms with Crippen molar-refractivity contribution in [2.45, 2.75) is 38.6 Å². The summed E-state index contributed by atoms with van der Waals surface area (Å²) >= 11 is 0. The van der Waals surface area contributed by atoms with E-state index < -0.39 is 16.7 Å². The molecular weight excluding hydrogens is 445 g/mol. The number of benzene rings is 3. The second kappa shape index (κ2) is 11.0. The van der Waals surface area contributed by atoms with E-state index in [0.717, 1.165) is 29.5 Å². The zero-order chi connectivity index (χ0) is 24.8. The molecule has 3 aromatic carbocycles. The van der Waals surface area contributed by atoms with Gasteiger partial charge in [-0.25, -0.2) is 4.39 Å². The van der Waals surface area contributed by atoms with E-state index >= 15 is 0 Å². The number of unbranched alkanes of at least 4 members (excludes halogenated alkanes) is 1. The molecule has 0 saturated carbocycles. The summed E-state index contributed by atoms with van der Waals surface area (Å²) in [6.45, 7) is 3.19. The van der Waals surface area contributed by atoms with Crippen LogP contribution in [0.25, 0.3) is 10.9 Å². The summed E-state index contributed by atoms with van der Waals surface area (Å²) in [6.07, 6.45) is 3.89. The minimum atomic E-state index is -0.464. The van der Waals surface area contributed by atoms with Crippen molar-refractivity contribution in [3.63, 3.8) is 0 Å². The molecule has 4 aromatic rings. The lowest BCUT2D eigenvalue weighted by atomic mass is 9.88. The largest absolute Gasteiger partial charge is 0.356 e. The second-order valence-electron chi connectivity index (χ2n) is 8.67. The molecule has 1 amide bonds. The Labute approximate surface area is 203 Å². The fourth-order valence-electron chi connectivity index (χ4n) is 4.41. The normalized spacial score (nSPS) is 11.9. The molecule has 6 nitrogen and oxygen atoms in total. The Kier molecular flexibility index (Phi) is 7.55. The number of amides is 1. The summed E-state index contributed by atoms with van der Waals surface area (Å²) in [6, 6.07) is 20.9. The predicted octanol–water partition coefficient (Wildman–Crippen LogP) is 6.18. The fraction of sp³-hybridized carbons (Fsp3) is 0.250. The SMILES string of the molecule is CCCCNC(=O)C[C@@H](c1cccc(F)c1)c1cn(Cc2ccccc2)c2ccc([N+](=O)[O-])cc12. The molecule has 7 heteroatoms. The monoisotopic (exact) mass is 473 g/mol. The highest BCUT2D eigenvalue weighted by atomic mass is 19.1. The highest BCUT2D eigenvalue weighted by Gasteiger charge is 2.24. The summed E-state index contributed by atoms with van der Waals surface area (Å²) < 4.78 is 16.2. The van der Waals surface area contributed by atoms with Crippen molar-refractivity contribution in [1.29, 1.82) is 0 Å². The molecule has 4 rings (SSSR count). The van der Waals surface area contributed by atoms with E-state index in [2.05, 4.69) is 12.2 Å². The van der Waals surface area contributed by atoms with Gasteiger partial charge in [0.25, 0.3) is 5.69 Å². The first kappa shape index (κ1) is 24.1. The van der Waals surface area contributed by atoms with Crippen molar-refractivity contribution in [3.05, 3.63) is 112 Å². The maximum atomic E-state index is 14.2. The zero-order valence-corrected chi connectivity index (χ0v) is 19.6. The van der Waals surface area contributed by atoms with E-state index in [-0.39, 0.29) is 18.0 Å². The third-order valence-electron chi connectivity index (χ3n) is 6.17. The number of non-ortho nitro benzene ring substituents is 1. The van der Waals surface area contributed by atoms with Gasteiger partial charge in [-0.3, -0.25) is 14.9 Å². The summed E-state index contributed by atoms with van der Waals surface area (Å²) in [5, 5.41) is 15.2. The Bertz CT molecular complexity index is 1330. The lowest BCUT2D eigenvalue weighted by molar-refractivity contribution is -0.384. The van der Waals surface area contributed by atoms with Gasteiger partial charge >= 0.3 is 0 Å². The van der Waals surface area contributed by atoms with Gasteiger partial charge in [-0.05, 0) is 41.3 Å². The van der Waals surface area contributed by atoms with E-state index in [1.807, 2.05) is 41.1 Å². The van der Waals surface area contributed by atoms with Crippen molar-refractivity contribution in [3.8, 4) is 0 Å². The molecular formula is C28H28FN3O3. The summed E-state index contributed by atoms with van der Waals surface area (Å²) in [4.78, 5) is 24.0. The van der Waals surface area contributed by atoms with Crippen LogP contribution in [-0.2, 0) is 11.3 Å². The summed E-state index contributed by atoms with van der Waals surface area (Å²) in [5.41, 5.74) is 3.29. The number of hydrogen-bond acceptors (Lipinski definition) is 3. The number of nitrogens with zero attached hydrogens (tertiary/aromatic N) is 2. The molecule has 1 N–H and O–H groups in total. The van der Waals surface area contributed by atoms with E-state index in [1.54, 1.807) is 24.3 Å². The minimum Gasteiger partial charge on any atom is -0.356 e. The number of carbonyl (C=O) groups is 1. The first-order valence-electron chi connectivity index (χ1n) is 11.8. The molecule has 0 fully saturated rings. The van der Waals surface area contributed by atoms with Crippen molar-refractivity contribution >= 4 is 22.5 Å². The molecule has 0 aliphatic heterocycles. The van der Waals surface area contributed by atoms with Crippen LogP contribution in [0.15, 0.2) is 79.0 Å². The first-order valence-corrected chi connectivity index (χ1v) is 11.8. The Morgan fingerprint density at radius 2 is 1.89 bits per heavy atom. The van der Waals surface area contributed by atoms with Gasteiger partial charge < -0.3 is 9.88 Å².